The fourth-order valence-electron chi connectivity index (χ4n) is 1.38. The third kappa shape index (κ3) is 2.60. The molecule has 1 nitrogen and oxygen atoms in total. The molecule has 0 aromatic heterocycles. The van der Waals surface area contributed by atoms with Crippen molar-refractivity contribution in [2.24, 2.45) is 0 Å². The summed E-state index contributed by atoms with van der Waals surface area (Å²) in [6.45, 7) is 2.07. The van der Waals surface area contributed by atoms with E-state index in [0.717, 1.165) is 15.1 Å². The van der Waals surface area contributed by atoms with Crippen LogP contribution in [0.4, 0.5) is 5.69 Å². The molecule has 2 rings (SSSR count). The fourth-order valence-corrected chi connectivity index (χ4v) is 2.88. The third-order valence-corrected chi connectivity index (χ3v) is 4.33. The van der Waals surface area contributed by atoms with Gasteiger partial charge in [-0.3, -0.25) is 0 Å². The number of benzene rings is 2. The Labute approximate surface area is 108 Å². The van der Waals surface area contributed by atoms with Gasteiger partial charge in [0.05, 0.1) is 0 Å². The number of rotatable bonds is 2. The molecule has 0 amide bonds. The highest BCUT2D eigenvalue weighted by Crippen LogP contribution is 2.36. The van der Waals surface area contributed by atoms with Gasteiger partial charge in [0.2, 0.25) is 0 Å². The van der Waals surface area contributed by atoms with Crippen LogP contribution in [0.3, 0.4) is 0 Å². The van der Waals surface area contributed by atoms with E-state index in [4.69, 9.17) is 5.73 Å². The van der Waals surface area contributed by atoms with Crippen molar-refractivity contribution < 1.29 is 0 Å². The maximum absolute atomic E-state index is 5.95. The molecule has 0 saturated carbocycles. The first-order valence-electron chi connectivity index (χ1n) is 4.95. The van der Waals surface area contributed by atoms with E-state index in [1.165, 1.54) is 10.5 Å². The summed E-state index contributed by atoms with van der Waals surface area (Å²) in [5.74, 6) is 0. The lowest BCUT2D eigenvalue weighted by Crippen LogP contribution is -1.89. The van der Waals surface area contributed by atoms with Crippen LogP contribution in [0.2, 0.25) is 0 Å². The summed E-state index contributed by atoms with van der Waals surface area (Å²) in [4.78, 5) is 2.28. The van der Waals surface area contributed by atoms with Gasteiger partial charge in [-0.15, -0.1) is 0 Å². The summed E-state index contributed by atoms with van der Waals surface area (Å²) in [6, 6.07) is 14.2. The predicted molar refractivity (Wildman–Crippen MR) is 73.9 cm³/mol. The molecule has 0 heterocycles. The van der Waals surface area contributed by atoms with E-state index in [1.807, 2.05) is 30.3 Å². The van der Waals surface area contributed by atoms with E-state index in [0.29, 0.717) is 0 Å². The first-order valence-corrected chi connectivity index (χ1v) is 6.56. The molecule has 0 aliphatic heterocycles. The summed E-state index contributed by atoms with van der Waals surface area (Å²) >= 11 is 5.22. The summed E-state index contributed by atoms with van der Waals surface area (Å²) < 4.78 is 1.10. The largest absolute Gasteiger partial charge is 0.398 e. The van der Waals surface area contributed by atoms with Gasteiger partial charge in [-0.25, -0.2) is 0 Å². The van der Waals surface area contributed by atoms with E-state index in [9.17, 15) is 0 Å². The maximum Gasteiger partial charge on any atom is 0.0456 e. The normalized spacial score (nSPS) is 10.4. The lowest BCUT2D eigenvalue weighted by molar-refractivity contribution is 1.34. The molecular formula is C13H12BrNS. The molecular weight excluding hydrogens is 282 g/mol. The minimum absolute atomic E-state index is 0.825. The van der Waals surface area contributed by atoms with Crippen molar-refractivity contribution in [3.05, 3.63) is 52.5 Å². The number of aryl methyl sites for hydroxylation is 1. The number of nitrogen functional groups attached to an aromatic ring is 1. The number of anilines is 1. The Kier molecular flexibility index (Phi) is 3.56. The highest BCUT2D eigenvalue weighted by atomic mass is 79.9. The van der Waals surface area contributed by atoms with Gasteiger partial charge in [-0.2, -0.15) is 0 Å². The average molecular weight is 294 g/mol. The Hall–Kier alpha value is -0.930. The van der Waals surface area contributed by atoms with E-state index >= 15 is 0 Å². The van der Waals surface area contributed by atoms with Crippen molar-refractivity contribution in [1.29, 1.82) is 0 Å². The van der Waals surface area contributed by atoms with Crippen molar-refractivity contribution in [1.82, 2.24) is 0 Å². The standard InChI is InChI=1S/C13H12BrNS/c1-9-6-7-11(15)13(8-9)16-12-5-3-2-4-10(12)14/h2-8H,15H2,1H3. The summed E-state index contributed by atoms with van der Waals surface area (Å²) in [6.07, 6.45) is 0. The smallest absolute Gasteiger partial charge is 0.0456 e. The molecule has 82 valence electrons. The Balaban J connectivity index is 2.34. The van der Waals surface area contributed by atoms with Crippen molar-refractivity contribution in [2.75, 3.05) is 5.73 Å². The van der Waals surface area contributed by atoms with Crippen LogP contribution in [0.15, 0.2) is 56.7 Å². The second kappa shape index (κ2) is 4.93. The van der Waals surface area contributed by atoms with Gasteiger partial charge in [0.1, 0.15) is 0 Å². The zero-order valence-corrected chi connectivity index (χ0v) is 11.3. The van der Waals surface area contributed by atoms with Crippen molar-refractivity contribution >= 4 is 33.4 Å². The van der Waals surface area contributed by atoms with Crippen LogP contribution in [-0.4, -0.2) is 0 Å². The van der Waals surface area contributed by atoms with Gasteiger partial charge >= 0.3 is 0 Å². The first kappa shape index (κ1) is 11.6. The number of halogens is 1. The monoisotopic (exact) mass is 293 g/mol. The van der Waals surface area contributed by atoms with Gasteiger partial charge in [-0.1, -0.05) is 30.0 Å². The van der Waals surface area contributed by atoms with Gasteiger partial charge in [0.25, 0.3) is 0 Å². The highest BCUT2D eigenvalue weighted by molar-refractivity contribution is 9.10. The van der Waals surface area contributed by atoms with E-state index in [1.54, 1.807) is 11.8 Å². The quantitative estimate of drug-likeness (QED) is 0.826. The summed E-state index contributed by atoms with van der Waals surface area (Å²) in [5.41, 5.74) is 8.00. The summed E-state index contributed by atoms with van der Waals surface area (Å²) in [5, 5.41) is 0. The average Bonchev–Trinajstić information content (AvgIpc) is 2.27. The van der Waals surface area contributed by atoms with Crippen molar-refractivity contribution in [2.45, 2.75) is 16.7 Å². The van der Waals surface area contributed by atoms with Crippen LogP contribution in [0, 0.1) is 6.92 Å². The first-order chi connectivity index (χ1) is 7.66. The second-order valence-corrected chi connectivity index (χ2v) is 5.51. The van der Waals surface area contributed by atoms with Gasteiger partial charge < -0.3 is 5.73 Å². The van der Waals surface area contributed by atoms with Crippen LogP contribution in [-0.2, 0) is 0 Å². The zero-order chi connectivity index (χ0) is 11.5. The molecule has 0 spiro atoms. The van der Waals surface area contributed by atoms with Crippen LogP contribution in [0.25, 0.3) is 0 Å². The number of hydrogen-bond acceptors (Lipinski definition) is 2. The zero-order valence-electron chi connectivity index (χ0n) is 8.91. The predicted octanol–water partition coefficient (Wildman–Crippen LogP) is 4.49. The van der Waals surface area contributed by atoms with Crippen molar-refractivity contribution in [3.63, 3.8) is 0 Å². The molecule has 0 saturated heterocycles. The molecule has 0 radical (unpaired) electrons. The molecule has 0 aliphatic rings. The molecule has 0 bridgehead atoms. The topological polar surface area (TPSA) is 26.0 Å². The number of hydrogen-bond donors (Lipinski definition) is 1. The van der Waals surface area contributed by atoms with E-state index in [-0.39, 0.29) is 0 Å². The lowest BCUT2D eigenvalue weighted by Gasteiger charge is -2.07. The second-order valence-electron chi connectivity index (χ2n) is 3.57. The molecule has 2 aromatic carbocycles. The molecule has 16 heavy (non-hydrogen) atoms. The molecule has 0 aliphatic carbocycles. The SMILES string of the molecule is Cc1ccc(N)c(Sc2ccccc2Br)c1. The third-order valence-electron chi connectivity index (χ3n) is 2.23. The Morgan fingerprint density at radius 1 is 1.06 bits per heavy atom. The number of nitrogens with two attached hydrogens (primary N) is 1. The van der Waals surface area contributed by atoms with Crippen LogP contribution in [0.5, 0.6) is 0 Å². The minimum atomic E-state index is 0.825. The highest BCUT2D eigenvalue weighted by Gasteiger charge is 2.04. The maximum atomic E-state index is 5.95. The molecule has 2 N–H and O–H groups in total. The molecule has 0 fully saturated rings. The van der Waals surface area contributed by atoms with E-state index in [2.05, 4.69) is 35.0 Å². The minimum Gasteiger partial charge on any atom is -0.398 e. The molecule has 0 atom stereocenters. The molecule has 2 aromatic rings. The van der Waals surface area contributed by atoms with Crippen molar-refractivity contribution in [3.8, 4) is 0 Å². The Morgan fingerprint density at radius 2 is 1.81 bits per heavy atom. The lowest BCUT2D eigenvalue weighted by atomic mass is 10.2. The molecule has 0 unspecified atom stereocenters. The summed E-state index contributed by atoms with van der Waals surface area (Å²) in [7, 11) is 0. The van der Waals surface area contributed by atoms with Gasteiger partial charge in [-0.05, 0) is 52.7 Å². The Bertz CT molecular complexity index is 511. The van der Waals surface area contributed by atoms with Crippen LogP contribution >= 0.6 is 27.7 Å². The van der Waals surface area contributed by atoms with Crippen LogP contribution < -0.4 is 5.73 Å². The molecule has 3 heteroatoms. The van der Waals surface area contributed by atoms with Gasteiger partial charge in [0.15, 0.2) is 0 Å². The van der Waals surface area contributed by atoms with E-state index < -0.39 is 0 Å². The van der Waals surface area contributed by atoms with Gasteiger partial charge in [0, 0.05) is 20.0 Å². The van der Waals surface area contributed by atoms with Crippen LogP contribution in [0.1, 0.15) is 5.56 Å². The Morgan fingerprint density at radius 3 is 2.56 bits per heavy atom. The fraction of sp³-hybridized carbons (Fsp3) is 0.0769.